The van der Waals surface area contributed by atoms with Crippen LogP contribution in [-0.2, 0) is 33.2 Å². The third-order valence-corrected chi connectivity index (χ3v) is 10.1. The molecule has 316 valence electrons. The van der Waals surface area contributed by atoms with Crippen molar-refractivity contribution >= 4 is 5.97 Å². The molecule has 18 nitrogen and oxygen atoms in total. The lowest BCUT2D eigenvalue weighted by atomic mass is 9.95. The summed E-state index contributed by atoms with van der Waals surface area (Å²) in [4.78, 5) is 13.1. The van der Waals surface area contributed by atoms with Crippen LogP contribution in [0.5, 0.6) is 0 Å². The Hall–Kier alpha value is -1.43. The normalized spacial score (nSPS) is 38.9. The van der Waals surface area contributed by atoms with E-state index in [-0.39, 0.29) is 6.42 Å². The van der Waals surface area contributed by atoms with Crippen LogP contribution in [0.2, 0.25) is 0 Å². The van der Waals surface area contributed by atoms with Crippen LogP contribution in [0.1, 0.15) is 96.8 Å². The van der Waals surface area contributed by atoms with Crippen LogP contribution in [0.15, 0.2) is 12.2 Å². The molecule has 0 aromatic heterocycles. The molecule has 0 aliphatic carbocycles. The third kappa shape index (κ3) is 12.8. The van der Waals surface area contributed by atoms with E-state index in [0.717, 1.165) is 32.1 Å². The van der Waals surface area contributed by atoms with Crippen LogP contribution in [-0.4, -0.2) is 174 Å². The number of carbonyl (C=O) groups is 1. The van der Waals surface area contributed by atoms with Gasteiger partial charge in [-0.3, -0.25) is 4.79 Å². The first-order valence-electron chi connectivity index (χ1n) is 19.3. The van der Waals surface area contributed by atoms with E-state index in [9.17, 15) is 61.0 Å². The number of ether oxygens (including phenoxy) is 6. The second-order valence-electron chi connectivity index (χ2n) is 14.3. The van der Waals surface area contributed by atoms with Crippen molar-refractivity contribution < 1.29 is 89.4 Å². The van der Waals surface area contributed by atoms with Crippen molar-refractivity contribution in [1.82, 2.24) is 0 Å². The predicted molar refractivity (Wildman–Crippen MR) is 186 cm³/mol. The Morgan fingerprint density at radius 1 is 0.611 bits per heavy atom. The van der Waals surface area contributed by atoms with E-state index >= 15 is 0 Å². The van der Waals surface area contributed by atoms with Gasteiger partial charge < -0.3 is 84.6 Å². The Labute approximate surface area is 315 Å². The zero-order valence-corrected chi connectivity index (χ0v) is 31.0. The number of carbonyl (C=O) groups excluding carboxylic acids is 1. The molecular weight excluding hydrogens is 720 g/mol. The lowest BCUT2D eigenvalue weighted by Crippen LogP contribution is -2.71. The van der Waals surface area contributed by atoms with Crippen LogP contribution in [0.25, 0.3) is 0 Å². The van der Waals surface area contributed by atoms with Gasteiger partial charge in [0, 0.05) is 6.42 Å². The molecule has 3 rings (SSSR count). The lowest BCUT2D eigenvalue weighted by Gasteiger charge is -2.51. The van der Waals surface area contributed by atoms with Crippen LogP contribution >= 0.6 is 0 Å². The first kappa shape index (κ1) is 46.9. The van der Waals surface area contributed by atoms with E-state index in [1.165, 1.54) is 38.5 Å². The van der Waals surface area contributed by atoms with Gasteiger partial charge in [-0.15, -0.1) is 0 Å². The van der Waals surface area contributed by atoms with E-state index in [1.807, 2.05) is 0 Å². The monoisotopic (exact) mass is 784 g/mol. The molecule has 15 atom stereocenters. The molecular formula is C36H64O18. The maximum absolute atomic E-state index is 13.1. The zero-order chi connectivity index (χ0) is 39.8. The van der Waals surface area contributed by atoms with Gasteiger partial charge in [-0.05, 0) is 32.1 Å². The summed E-state index contributed by atoms with van der Waals surface area (Å²) in [6.07, 6.45) is -8.60. The molecule has 0 amide bonds. The number of unbranched alkanes of at least 4 members (excludes halogenated alkanes) is 11. The molecule has 3 aliphatic heterocycles. The first-order valence-corrected chi connectivity index (χ1v) is 19.3. The summed E-state index contributed by atoms with van der Waals surface area (Å²) in [5.74, 6) is -3.96. The van der Waals surface area contributed by atoms with Crippen LogP contribution in [0.3, 0.4) is 0 Å². The molecule has 11 N–H and O–H groups in total. The Bertz CT molecular complexity index is 1080. The summed E-state index contributed by atoms with van der Waals surface area (Å²) in [6.45, 7) is -0.512. The van der Waals surface area contributed by atoms with E-state index in [0.29, 0.717) is 12.8 Å². The van der Waals surface area contributed by atoms with E-state index in [1.54, 1.807) is 0 Å². The molecule has 3 saturated heterocycles. The number of aliphatic hydroxyl groups excluding tert-OH is 11. The highest BCUT2D eigenvalue weighted by molar-refractivity contribution is 5.69. The van der Waals surface area contributed by atoms with Gasteiger partial charge in [0.1, 0.15) is 67.1 Å². The van der Waals surface area contributed by atoms with Crippen molar-refractivity contribution in [3.05, 3.63) is 12.2 Å². The highest BCUT2D eigenvalue weighted by Gasteiger charge is 2.61. The molecule has 2 unspecified atom stereocenters. The number of rotatable bonds is 23. The molecule has 0 radical (unpaired) electrons. The maximum atomic E-state index is 13.1. The fraction of sp³-hybridized carbons (Fsp3) is 0.917. The summed E-state index contributed by atoms with van der Waals surface area (Å²) < 4.78 is 32.9. The van der Waals surface area contributed by atoms with Crippen molar-refractivity contribution in [2.75, 3.05) is 19.8 Å². The average Bonchev–Trinajstić information content (AvgIpc) is 3.16. The standard InChI is InChI=1S/C36H64O18/c1-2-3-4-5-6-7-8-9-10-11-12-13-14-15-16-17-24(40)53-36(33(47)28(44)25(41)21(18-37)52-36)54-32-23(20-39)50-35(30(46)27(32)43)51-31-22(19-38)49-34(48)29(45)26(31)42/h9-10,21-23,25-35,37-39,41-48H,2-8,11-20H2,1H3/b10-9-/t21-,22-,23-,25-,26-,27-,28+,29-,30-,31-,32-,33-,34+,35?,36?/m1/s1. The molecule has 3 heterocycles. The number of hydrogen-bond acceptors (Lipinski definition) is 18. The molecule has 0 saturated carbocycles. The topological polar surface area (TPSA) is 295 Å². The van der Waals surface area contributed by atoms with Gasteiger partial charge in [0.15, 0.2) is 18.7 Å². The molecule has 3 fully saturated rings. The fourth-order valence-electron chi connectivity index (χ4n) is 6.76. The van der Waals surface area contributed by atoms with Crippen LogP contribution in [0, 0.1) is 0 Å². The van der Waals surface area contributed by atoms with Gasteiger partial charge in [-0.25, -0.2) is 0 Å². The number of aliphatic hydroxyl groups is 11. The Kier molecular flexibility index (Phi) is 20.6. The minimum Gasteiger partial charge on any atom is -0.405 e. The number of allylic oxidation sites excluding steroid dienone is 2. The van der Waals surface area contributed by atoms with Gasteiger partial charge >= 0.3 is 11.9 Å². The lowest BCUT2D eigenvalue weighted by molar-refractivity contribution is -0.473. The van der Waals surface area contributed by atoms with Crippen molar-refractivity contribution in [3.8, 4) is 0 Å². The quantitative estimate of drug-likeness (QED) is 0.0239. The molecule has 0 bridgehead atoms. The van der Waals surface area contributed by atoms with Gasteiger partial charge in [-0.1, -0.05) is 70.4 Å². The van der Waals surface area contributed by atoms with Gasteiger partial charge in [0.2, 0.25) is 0 Å². The Morgan fingerprint density at radius 3 is 1.74 bits per heavy atom. The zero-order valence-electron chi connectivity index (χ0n) is 31.0. The maximum Gasteiger partial charge on any atom is 0.360 e. The summed E-state index contributed by atoms with van der Waals surface area (Å²) >= 11 is 0. The smallest absolute Gasteiger partial charge is 0.360 e. The Balaban J connectivity index is 1.59. The highest BCUT2D eigenvalue weighted by atomic mass is 16.9. The van der Waals surface area contributed by atoms with Crippen molar-refractivity contribution in [2.45, 2.75) is 189 Å². The van der Waals surface area contributed by atoms with Gasteiger partial charge in [-0.2, -0.15) is 0 Å². The first-order chi connectivity index (χ1) is 25.8. The molecule has 18 heteroatoms. The SMILES string of the molecule is CCCCCCCC/C=C\CCCCCCCC(=O)OC1(O[C@H]2[C@H](O)[C@@H](O)C(O[C@H]3[C@H](O)[C@@H](O)[C@@H](O)O[C@@H]3CO)O[C@@H]2CO)O[C@H](CO)[C@@H](O)[C@H](O)[C@H]1O. The molecule has 0 aromatic carbocycles. The summed E-state index contributed by atoms with van der Waals surface area (Å²) in [6, 6.07) is 0. The minimum atomic E-state index is -2.99. The summed E-state index contributed by atoms with van der Waals surface area (Å²) in [7, 11) is 0. The fourth-order valence-corrected chi connectivity index (χ4v) is 6.76. The predicted octanol–water partition coefficient (Wildman–Crippen LogP) is -1.66. The van der Waals surface area contributed by atoms with E-state index < -0.39 is 118 Å². The van der Waals surface area contributed by atoms with E-state index in [2.05, 4.69) is 19.1 Å². The second kappa shape index (κ2) is 23.7. The summed E-state index contributed by atoms with van der Waals surface area (Å²) in [5, 5.41) is 114. The van der Waals surface area contributed by atoms with E-state index in [4.69, 9.17) is 28.4 Å². The Morgan fingerprint density at radius 2 is 1.15 bits per heavy atom. The van der Waals surface area contributed by atoms with Crippen LogP contribution < -0.4 is 0 Å². The molecule has 3 aliphatic rings. The second-order valence-corrected chi connectivity index (χ2v) is 14.3. The molecule has 54 heavy (non-hydrogen) atoms. The highest BCUT2D eigenvalue weighted by Crippen LogP contribution is 2.38. The number of esters is 1. The number of hydrogen-bond donors (Lipinski definition) is 11. The molecule has 0 spiro atoms. The largest absolute Gasteiger partial charge is 0.405 e. The van der Waals surface area contributed by atoms with Crippen molar-refractivity contribution in [3.63, 3.8) is 0 Å². The summed E-state index contributed by atoms with van der Waals surface area (Å²) in [5.41, 5.74) is 0. The van der Waals surface area contributed by atoms with Crippen molar-refractivity contribution in [2.24, 2.45) is 0 Å². The third-order valence-electron chi connectivity index (χ3n) is 10.1. The van der Waals surface area contributed by atoms with Gasteiger partial charge in [0.05, 0.1) is 19.8 Å². The van der Waals surface area contributed by atoms with Crippen molar-refractivity contribution in [1.29, 1.82) is 0 Å². The van der Waals surface area contributed by atoms with Gasteiger partial charge in [0.25, 0.3) is 0 Å². The molecule has 0 aromatic rings. The van der Waals surface area contributed by atoms with Crippen LogP contribution in [0.4, 0.5) is 0 Å². The average molecular weight is 785 g/mol. The minimum absolute atomic E-state index is 0.189.